The van der Waals surface area contributed by atoms with E-state index in [2.05, 4.69) is 0 Å². The molecule has 92 valence electrons. The predicted molar refractivity (Wildman–Crippen MR) is 65.4 cm³/mol. The molecule has 0 bridgehead atoms. The van der Waals surface area contributed by atoms with Gasteiger partial charge in [-0.05, 0) is 49.4 Å². The first-order valence-electron chi connectivity index (χ1n) is 5.67. The lowest BCUT2D eigenvalue weighted by molar-refractivity contribution is -0.123. The molecule has 1 atom stereocenters. The number of hydrogen-bond acceptors (Lipinski definition) is 2. The maximum Gasteiger partial charge on any atom is 0.157 e. The summed E-state index contributed by atoms with van der Waals surface area (Å²) in [6, 6.07) is 4.03. The third-order valence-electron chi connectivity index (χ3n) is 3.39. The van der Waals surface area contributed by atoms with Crippen molar-refractivity contribution in [2.75, 3.05) is 0 Å². The Hall–Kier alpha value is -0.930. The zero-order valence-electron chi connectivity index (χ0n) is 9.67. The second-order valence-electron chi connectivity index (χ2n) is 4.89. The van der Waals surface area contributed by atoms with Crippen LogP contribution in [0.25, 0.3) is 0 Å². The molecule has 17 heavy (non-hydrogen) atoms. The fourth-order valence-electron chi connectivity index (χ4n) is 1.95. The molecule has 1 aliphatic carbocycles. The molecule has 1 fully saturated rings. The maximum atomic E-state index is 13.1. The maximum absolute atomic E-state index is 13.1. The minimum atomic E-state index is -0.810. The summed E-state index contributed by atoms with van der Waals surface area (Å²) in [5.74, 6) is -0.197. The van der Waals surface area contributed by atoms with Crippen LogP contribution < -0.4 is 5.73 Å². The summed E-state index contributed by atoms with van der Waals surface area (Å²) < 4.78 is 13.1. The number of benzene rings is 1. The number of ketones is 1. The first-order valence-corrected chi connectivity index (χ1v) is 6.05. The van der Waals surface area contributed by atoms with Gasteiger partial charge < -0.3 is 5.73 Å². The number of halogens is 2. The van der Waals surface area contributed by atoms with Gasteiger partial charge in [0, 0.05) is 11.4 Å². The van der Waals surface area contributed by atoms with Gasteiger partial charge in [-0.2, -0.15) is 0 Å². The molecular weight excluding hydrogens is 241 g/mol. The molecule has 1 saturated carbocycles. The van der Waals surface area contributed by atoms with Gasteiger partial charge >= 0.3 is 0 Å². The van der Waals surface area contributed by atoms with Crippen LogP contribution in [0.5, 0.6) is 0 Å². The molecule has 2 N–H and O–H groups in total. The molecule has 0 amide bonds. The molecule has 1 unspecified atom stereocenters. The number of rotatable bonds is 4. The van der Waals surface area contributed by atoms with Gasteiger partial charge in [-0.15, -0.1) is 0 Å². The van der Waals surface area contributed by atoms with E-state index < -0.39 is 5.54 Å². The summed E-state index contributed by atoms with van der Waals surface area (Å²) >= 11 is 5.93. The largest absolute Gasteiger partial charge is 0.319 e. The van der Waals surface area contributed by atoms with Crippen molar-refractivity contribution in [2.24, 2.45) is 11.7 Å². The lowest BCUT2D eigenvalue weighted by atomic mass is 9.88. The number of carbonyl (C=O) groups is 1. The molecule has 4 heteroatoms. The molecule has 1 aromatic carbocycles. The van der Waals surface area contributed by atoms with Crippen LogP contribution in [0.2, 0.25) is 5.02 Å². The lowest BCUT2D eigenvalue weighted by Crippen LogP contribution is -2.47. The first-order chi connectivity index (χ1) is 7.91. The van der Waals surface area contributed by atoms with Crippen molar-refractivity contribution in [2.45, 2.75) is 31.7 Å². The average Bonchev–Trinajstić information content (AvgIpc) is 3.07. The highest BCUT2D eigenvalue weighted by molar-refractivity contribution is 6.31. The van der Waals surface area contributed by atoms with E-state index >= 15 is 0 Å². The highest BCUT2D eigenvalue weighted by Gasteiger charge is 2.43. The number of nitrogens with two attached hydrogens (primary N) is 1. The minimum absolute atomic E-state index is 0.0764. The quantitative estimate of drug-likeness (QED) is 0.899. The van der Waals surface area contributed by atoms with Crippen molar-refractivity contribution < 1.29 is 9.18 Å². The average molecular weight is 256 g/mol. The Labute approximate surface area is 105 Å². The van der Waals surface area contributed by atoms with Crippen LogP contribution in [0.15, 0.2) is 18.2 Å². The molecule has 0 saturated heterocycles. The smallest absolute Gasteiger partial charge is 0.157 e. The summed E-state index contributed by atoms with van der Waals surface area (Å²) in [6.07, 6.45) is 2.09. The molecule has 2 nitrogen and oxygen atoms in total. The van der Waals surface area contributed by atoms with E-state index in [0.29, 0.717) is 10.6 Å². The summed E-state index contributed by atoms with van der Waals surface area (Å²) in [7, 11) is 0. The molecular formula is C13H15ClFNO. The van der Waals surface area contributed by atoms with Gasteiger partial charge in [0.1, 0.15) is 5.82 Å². The molecule has 0 spiro atoms. The normalized spacial score (nSPS) is 18.8. The number of hydrogen-bond donors (Lipinski definition) is 1. The van der Waals surface area contributed by atoms with Crippen LogP contribution >= 0.6 is 11.6 Å². The van der Waals surface area contributed by atoms with E-state index in [9.17, 15) is 9.18 Å². The van der Waals surface area contributed by atoms with E-state index in [1.54, 1.807) is 6.92 Å². The molecule has 0 aromatic heterocycles. The number of Topliss-reactive ketones (excluding diaryl/α,β-unsaturated/α-hetero) is 1. The van der Waals surface area contributed by atoms with E-state index in [4.69, 9.17) is 17.3 Å². The fraction of sp³-hybridized carbons (Fsp3) is 0.462. The van der Waals surface area contributed by atoms with Crippen LogP contribution in [-0.2, 0) is 11.2 Å². The van der Waals surface area contributed by atoms with Crippen LogP contribution in [0.3, 0.4) is 0 Å². The van der Waals surface area contributed by atoms with Gasteiger partial charge in [-0.3, -0.25) is 4.79 Å². The van der Waals surface area contributed by atoms with Gasteiger partial charge in [-0.1, -0.05) is 11.6 Å². The Bertz CT molecular complexity index is 455. The summed E-state index contributed by atoms with van der Waals surface area (Å²) in [5, 5.41) is 0.409. The monoisotopic (exact) mass is 255 g/mol. The van der Waals surface area contributed by atoms with Crippen molar-refractivity contribution >= 4 is 17.4 Å². The van der Waals surface area contributed by atoms with Gasteiger partial charge in [0.2, 0.25) is 0 Å². The topological polar surface area (TPSA) is 43.1 Å². The van der Waals surface area contributed by atoms with E-state index in [1.807, 2.05) is 0 Å². The second kappa shape index (κ2) is 4.39. The Morgan fingerprint density at radius 1 is 1.59 bits per heavy atom. The Morgan fingerprint density at radius 2 is 2.24 bits per heavy atom. The summed E-state index contributed by atoms with van der Waals surface area (Å²) in [5.41, 5.74) is 5.71. The standard InChI is InChI=1S/C13H15ClFNO/c1-13(16,9-2-3-9)12(17)7-8-6-10(15)4-5-11(8)14/h4-6,9H,2-3,7,16H2,1H3. The minimum Gasteiger partial charge on any atom is -0.319 e. The third-order valence-corrected chi connectivity index (χ3v) is 3.75. The first kappa shape index (κ1) is 12.5. The molecule has 0 aliphatic heterocycles. The van der Waals surface area contributed by atoms with Crippen LogP contribution in [0.4, 0.5) is 4.39 Å². The van der Waals surface area contributed by atoms with Gasteiger partial charge in [-0.25, -0.2) is 4.39 Å². The predicted octanol–water partition coefficient (Wildman–Crippen LogP) is 2.72. The highest BCUT2D eigenvalue weighted by atomic mass is 35.5. The molecule has 1 aliphatic rings. The summed E-state index contributed by atoms with van der Waals surface area (Å²) in [6.45, 7) is 1.75. The van der Waals surface area contributed by atoms with E-state index in [-0.39, 0.29) is 23.9 Å². The van der Waals surface area contributed by atoms with Crippen molar-refractivity contribution in [3.8, 4) is 0 Å². The lowest BCUT2D eigenvalue weighted by Gasteiger charge is -2.22. The Morgan fingerprint density at radius 3 is 2.82 bits per heavy atom. The zero-order chi connectivity index (χ0) is 12.6. The van der Waals surface area contributed by atoms with Crippen molar-refractivity contribution in [1.29, 1.82) is 0 Å². The zero-order valence-corrected chi connectivity index (χ0v) is 10.4. The Kier molecular flexibility index (Phi) is 3.23. The fourth-order valence-corrected chi connectivity index (χ4v) is 2.14. The van der Waals surface area contributed by atoms with Crippen molar-refractivity contribution in [3.63, 3.8) is 0 Å². The van der Waals surface area contributed by atoms with Crippen molar-refractivity contribution in [3.05, 3.63) is 34.6 Å². The SMILES string of the molecule is CC(N)(C(=O)Cc1cc(F)ccc1Cl)C1CC1. The molecule has 1 aromatic rings. The number of carbonyl (C=O) groups excluding carboxylic acids is 1. The van der Waals surface area contributed by atoms with Gasteiger partial charge in [0.15, 0.2) is 5.78 Å². The van der Waals surface area contributed by atoms with Crippen LogP contribution in [0, 0.1) is 11.7 Å². The molecule has 0 radical (unpaired) electrons. The van der Waals surface area contributed by atoms with Crippen molar-refractivity contribution in [1.82, 2.24) is 0 Å². The second-order valence-corrected chi connectivity index (χ2v) is 5.30. The third kappa shape index (κ3) is 2.67. The van der Waals surface area contributed by atoms with E-state index in [1.165, 1.54) is 18.2 Å². The van der Waals surface area contributed by atoms with E-state index in [0.717, 1.165) is 12.8 Å². The molecule has 0 heterocycles. The van der Waals surface area contributed by atoms with Crippen LogP contribution in [0.1, 0.15) is 25.3 Å². The molecule has 2 rings (SSSR count). The van der Waals surface area contributed by atoms with Crippen LogP contribution in [-0.4, -0.2) is 11.3 Å². The Balaban J connectivity index is 2.15. The highest BCUT2D eigenvalue weighted by Crippen LogP contribution is 2.39. The summed E-state index contributed by atoms with van der Waals surface area (Å²) in [4.78, 5) is 12.1. The van der Waals surface area contributed by atoms with Gasteiger partial charge in [0.05, 0.1) is 5.54 Å². The van der Waals surface area contributed by atoms with Gasteiger partial charge in [0.25, 0.3) is 0 Å².